The van der Waals surface area contributed by atoms with Gasteiger partial charge in [-0.2, -0.15) is 8.78 Å². The van der Waals surface area contributed by atoms with E-state index in [0.717, 1.165) is 0 Å². The largest absolute Gasteiger partial charge is 0.455 e. The van der Waals surface area contributed by atoms with Gasteiger partial charge in [0, 0.05) is 0 Å². The molecule has 0 atom stereocenters. The maximum atomic E-state index is 11.7. The molecule has 72 valence electrons. The van der Waals surface area contributed by atoms with Crippen molar-refractivity contribution in [1.82, 2.24) is 0 Å². The molecule has 6 heteroatoms. The van der Waals surface area contributed by atoms with Crippen LogP contribution >= 0.6 is 11.8 Å². The lowest BCUT2D eigenvalue weighted by molar-refractivity contribution is 0.0972. The van der Waals surface area contributed by atoms with Gasteiger partial charge in [-0.3, -0.25) is 4.79 Å². The minimum Gasteiger partial charge on any atom is -0.455 e. The Hall–Kier alpha value is -1.04. The molecule has 1 aromatic rings. The van der Waals surface area contributed by atoms with E-state index in [0.29, 0.717) is 17.5 Å². The Kier molecular flexibility index (Phi) is 3.30. The van der Waals surface area contributed by atoms with Crippen LogP contribution in [0, 0.1) is 0 Å². The minimum absolute atomic E-state index is 0.00938. The molecule has 0 aromatic carbocycles. The second-order valence-electron chi connectivity index (χ2n) is 2.20. The lowest BCUT2D eigenvalue weighted by atomic mass is 10.4. The summed E-state index contributed by atoms with van der Waals surface area (Å²) in [4.78, 5) is 10.5. The van der Waals surface area contributed by atoms with Crippen LogP contribution in [-0.4, -0.2) is 11.7 Å². The van der Waals surface area contributed by atoms with Crippen LogP contribution in [0.1, 0.15) is 16.3 Å². The monoisotopic (exact) mass is 207 g/mol. The molecule has 0 bridgehead atoms. The van der Waals surface area contributed by atoms with Gasteiger partial charge < -0.3 is 10.2 Å². The van der Waals surface area contributed by atoms with Crippen molar-refractivity contribution in [3.8, 4) is 0 Å². The van der Waals surface area contributed by atoms with Gasteiger partial charge in [0.05, 0.1) is 5.75 Å². The van der Waals surface area contributed by atoms with Crippen molar-refractivity contribution >= 4 is 17.7 Å². The molecule has 0 aliphatic carbocycles. The number of rotatable bonds is 4. The standard InChI is InChI=1S/C7H7F2NO2S/c8-7(9)13-3-4-1-2-5(12-4)6(10)11/h1-2,7H,3H2,(H2,10,11). The summed E-state index contributed by atoms with van der Waals surface area (Å²) in [6.07, 6.45) is 0. The average molecular weight is 207 g/mol. The first-order valence-corrected chi connectivity index (χ1v) is 4.42. The Balaban J connectivity index is 2.54. The Morgan fingerprint density at radius 2 is 2.31 bits per heavy atom. The first kappa shape index (κ1) is 10.0. The number of carbonyl (C=O) groups excluding carboxylic acids is 1. The van der Waals surface area contributed by atoms with Crippen LogP contribution in [0.3, 0.4) is 0 Å². The number of halogens is 2. The number of alkyl halides is 2. The predicted octanol–water partition coefficient (Wildman–Crippen LogP) is 1.83. The van der Waals surface area contributed by atoms with Gasteiger partial charge in [0.25, 0.3) is 11.7 Å². The van der Waals surface area contributed by atoms with Crippen LogP contribution in [0.5, 0.6) is 0 Å². The molecule has 0 saturated carbocycles. The van der Waals surface area contributed by atoms with E-state index in [1.807, 2.05) is 0 Å². The summed E-state index contributed by atoms with van der Waals surface area (Å²) in [6, 6.07) is 2.82. The summed E-state index contributed by atoms with van der Waals surface area (Å²) >= 11 is 0.430. The summed E-state index contributed by atoms with van der Waals surface area (Å²) in [5.41, 5.74) is 4.90. The molecule has 0 radical (unpaired) electrons. The highest BCUT2D eigenvalue weighted by Gasteiger charge is 2.09. The van der Waals surface area contributed by atoms with E-state index in [1.54, 1.807) is 0 Å². The van der Waals surface area contributed by atoms with E-state index < -0.39 is 11.7 Å². The van der Waals surface area contributed by atoms with E-state index in [-0.39, 0.29) is 11.5 Å². The lowest BCUT2D eigenvalue weighted by Gasteiger charge is -1.95. The van der Waals surface area contributed by atoms with E-state index in [4.69, 9.17) is 10.2 Å². The quantitative estimate of drug-likeness (QED) is 0.819. The van der Waals surface area contributed by atoms with Gasteiger partial charge in [0.1, 0.15) is 5.76 Å². The predicted molar refractivity (Wildman–Crippen MR) is 44.5 cm³/mol. The van der Waals surface area contributed by atoms with Gasteiger partial charge in [-0.15, -0.1) is 0 Å². The number of amides is 1. The summed E-state index contributed by atoms with van der Waals surface area (Å²) in [5.74, 6) is -2.80. The molecular formula is C7H7F2NO2S. The van der Waals surface area contributed by atoms with Crippen molar-refractivity contribution in [3.63, 3.8) is 0 Å². The lowest BCUT2D eigenvalue weighted by Crippen LogP contribution is -2.09. The van der Waals surface area contributed by atoms with Gasteiger partial charge in [-0.1, -0.05) is 11.8 Å². The summed E-state index contributed by atoms with van der Waals surface area (Å²) in [5, 5.41) is 0. The molecule has 1 amide bonds. The maximum Gasteiger partial charge on any atom is 0.284 e. The summed E-state index contributed by atoms with van der Waals surface area (Å²) < 4.78 is 28.3. The Morgan fingerprint density at radius 3 is 2.77 bits per heavy atom. The van der Waals surface area contributed by atoms with Crippen LogP contribution in [-0.2, 0) is 5.75 Å². The molecule has 0 fully saturated rings. The zero-order valence-electron chi connectivity index (χ0n) is 6.50. The van der Waals surface area contributed by atoms with Crippen molar-refractivity contribution < 1.29 is 18.0 Å². The zero-order valence-corrected chi connectivity index (χ0v) is 7.31. The van der Waals surface area contributed by atoms with Crippen LogP contribution in [0.4, 0.5) is 8.78 Å². The van der Waals surface area contributed by atoms with Gasteiger partial charge >= 0.3 is 0 Å². The Labute approximate surface area is 77.3 Å². The van der Waals surface area contributed by atoms with Crippen molar-refractivity contribution in [2.24, 2.45) is 5.73 Å². The summed E-state index contributed by atoms with van der Waals surface area (Å²) in [6.45, 7) is 0. The molecule has 1 rings (SSSR count). The van der Waals surface area contributed by atoms with Crippen molar-refractivity contribution in [1.29, 1.82) is 0 Å². The molecule has 0 saturated heterocycles. The second-order valence-corrected chi connectivity index (χ2v) is 3.18. The molecule has 0 aliphatic heterocycles. The highest BCUT2D eigenvalue weighted by molar-refractivity contribution is 7.98. The van der Waals surface area contributed by atoms with Crippen molar-refractivity contribution in [2.75, 3.05) is 0 Å². The number of primary amides is 1. The van der Waals surface area contributed by atoms with Crippen molar-refractivity contribution in [3.05, 3.63) is 23.7 Å². The molecule has 0 unspecified atom stereocenters. The fourth-order valence-electron chi connectivity index (χ4n) is 0.733. The van der Waals surface area contributed by atoms with E-state index >= 15 is 0 Å². The van der Waals surface area contributed by atoms with Gasteiger partial charge in [0.2, 0.25) is 0 Å². The van der Waals surface area contributed by atoms with Crippen LogP contribution in [0.2, 0.25) is 0 Å². The van der Waals surface area contributed by atoms with Gasteiger partial charge in [-0.25, -0.2) is 0 Å². The first-order valence-electron chi connectivity index (χ1n) is 3.38. The van der Waals surface area contributed by atoms with E-state index in [9.17, 15) is 13.6 Å². The maximum absolute atomic E-state index is 11.7. The third-order valence-corrected chi connectivity index (χ3v) is 1.96. The Morgan fingerprint density at radius 1 is 1.62 bits per heavy atom. The molecule has 0 aliphatic rings. The van der Waals surface area contributed by atoms with Crippen LogP contribution in [0.25, 0.3) is 0 Å². The molecule has 0 spiro atoms. The third-order valence-electron chi connectivity index (χ3n) is 1.26. The number of nitrogens with two attached hydrogens (primary N) is 1. The van der Waals surface area contributed by atoms with Crippen LogP contribution in [0.15, 0.2) is 16.5 Å². The van der Waals surface area contributed by atoms with Crippen LogP contribution < -0.4 is 5.73 Å². The topological polar surface area (TPSA) is 56.2 Å². The fourth-order valence-corrected chi connectivity index (χ4v) is 1.18. The smallest absolute Gasteiger partial charge is 0.284 e. The molecule has 2 N–H and O–H groups in total. The second kappa shape index (κ2) is 4.27. The molecule has 13 heavy (non-hydrogen) atoms. The molecule has 1 aromatic heterocycles. The van der Waals surface area contributed by atoms with E-state index in [2.05, 4.69) is 0 Å². The molecule has 3 nitrogen and oxygen atoms in total. The molecule has 1 heterocycles. The van der Waals surface area contributed by atoms with Gasteiger partial charge in [-0.05, 0) is 12.1 Å². The van der Waals surface area contributed by atoms with Crippen molar-refractivity contribution in [2.45, 2.75) is 11.5 Å². The first-order chi connectivity index (χ1) is 6.09. The zero-order chi connectivity index (χ0) is 9.84. The minimum atomic E-state index is -2.44. The average Bonchev–Trinajstić information content (AvgIpc) is 2.48. The third kappa shape index (κ3) is 3.06. The van der Waals surface area contributed by atoms with Gasteiger partial charge in [0.15, 0.2) is 5.76 Å². The number of hydrogen-bond donors (Lipinski definition) is 1. The number of carbonyl (C=O) groups is 1. The SMILES string of the molecule is NC(=O)c1ccc(CSC(F)F)o1. The Bertz CT molecular complexity index is 300. The fraction of sp³-hybridized carbons (Fsp3) is 0.286. The normalized spacial score (nSPS) is 10.7. The highest BCUT2D eigenvalue weighted by Crippen LogP contribution is 2.20. The number of thioether (sulfide) groups is 1. The number of hydrogen-bond acceptors (Lipinski definition) is 3. The van der Waals surface area contributed by atoms with E-state index in [1.165, 1.54) is 12.1 Å². The molecular weight excluding hydrogens is 200 g/mol. The summed E-state index contributed by atoms with van der Waals surface area (Å²) in [7, 11) is 0. The highest BCUT2D eigenvalue weighted by atomic mass is 32.2. The number of furan rings is 1.